The Morgan fingerprint density at radius 1 is 1.39 bits per heavy atom. The molecule has 1 aromatic rings. The summed E-state index contributed by atoms with van der Waals surface area (Å²) in [6.45, 7) is 8.14. The van der Waals surface area contributed by atoms with Crippen molar-refractivity contribution in [2.75, 3.05) is 5.32 Å². The highest BCUT2D eigenvalue weighted by Crippen LogP contribution is 2.25. The molecule has 0 aliphatic carbocycles. The molecule has 0 saturated heterocycles. The quantitative estimate of drug-likeness (QED) is 0.625. The molecule has 6 heteroatoms. The zero-order valence-electron chi connectivity index (χ0n) is 11.7. The third-order valence-corrected chi connectivity index (χ3v) is 3.03. The van der Waals surface area contributed by atoms with E-state index in [1.807, 2.05) is 6.92 Å². The van der Waals surface area contributed by atoms with E-state index in [1.165, 1.54) is 0 Å². The molecule has 1 unspecified atom stereocenters. The van der Waals surface area contributed by atoms with E-state index in [0.717, 1.165) is 12.8 Å². The molecule has 0 saturated carbocycles. The lowest BCUT2D eigenvalue weighted by Gasteiger charge is -2.15. The first-order valence-corrected chi connectivity index (χ1v) is 6.27. The summed E-state index contributed by atoms with van der Waals surface area (Å²) in [5, 5.41) is 14.1. The number of nitrogens with one attached hydrogen (secondary N) is 1. The van der Waals surface area contributed by atoms with Crippen LogP contribution in [0, 0.1) is 23.0 Å². The number of aryl methyl sites for hydroxylation is 1. The van der Waals surface area contributed by atoms with Crippen LogP contribution in [-0.4, -0.2) is 20.5 Å². The molecule has 1 aromatic heterocycles. The highest BCUT2D eigenvalue weighted by molar-refractivity contribution is 5.53. The predicted molar refractivity (Wildman–Crippen MR) is 71.8 cm³/mol. The number of aromatic nitrogens is 2. The van der Waals surface area contributed by atoms with Gasteiger partial charge in [0.15, 0.2) is 0 Å². The van der Waals surface area contributed by atoms with E-state index >= 15 is 0 Å². The minimum absolute atomic E-state index is 0.0913. The number of imidazole rings is 1. The third-order valence-electron chi connectivity index (χ3n) is 3.03. The summed E-state index contributed by atoms with van der Waals surface area (Å²) in [5.74, 6) is 1.68. The van der Waals surface area contributed by atoms with Crippen molar-refractivity contribution in [2.45, 2.75) is 46.6 Å². The van der Waals surface area contributed by atoms with Crippen molar-refractivity contribution < 1.29 is 4.92 Å². The van der Waals surface area contributed by atoms with E-state index in [9.17, 15) is 10.1 Å². The fourth-order valence-corrected chi connectivity index (χ4v) is 1.77. The van der Waals surface area contributed by atoms with E-state index in [4.69, 9.17) is 0 Å². The SMILES string of the molecule is Cc1nc([N+](=O)[O-])c(NC(C)CCC(C)C)n1C. The lowest BCUT2D eigenvalue weighted by atomic mass is 10.0. The number of rotatable bonds is 6. The van der Waals surface area contributed by atoms with E-state index in [1.54, 1.807) is 18.5 Å². The molecule has 102 valence electrons. The van der Waals surface area contributed by atoms with Crippen LogP contribution in [-0.2, 0) is 7.05 Å². The Morgan fingerprint density at radius 2 is 2.00 bits per heavy atom. The molecular formula is C12H22N4O2. The summed E-state index contributed by atoms with van der Waals surface area (Å²) >= 11 is 0. The van der Waals surface area contributed by atoms with Gasteiger partial charge in [0.2, 0.25) is 11.6 Å². The fraction of sp³-hybridized carbons (Fsp3) is 0.750. The maximum Gasteiger partial charge on any atom is 0.406 e. The second-order valence-electron chi connectivity index (χ2n) is 5.16. The van der Waals surface area contributed by atoms with Crippen LogP contribution in [0.25, 0.3) is 0 Å². The number of nitrogens with zero attached hydrogens (tertiary/aromatic N) is 3. The molecule has 0 amide bonds. The molecule has 0 aromatic carbocycles. The Balaban J connectivity index is 2.80. The molecule has 18 heavy (non-hydrogen) atoms. The summed E-state index contributed by atoms with van der Waals surface area (Å²) in [6, 6.07) is 0.195. The van der Waals surface area contributed by atoms with Crippen molar-refractivity contribution >= 4 is 11.6 Å². The van der Waals surface area contributed by atoms with Gasteiger partial charge in [-0.15, -0.1) is 0 Å². The number of anilines is 1. The van der Waals surface area contributed by atoms with Crippen molar-refractivity contribution in [3.05, 3.63) is 15.9 Å². The normalized spacial score (nSPS) is 12.8. The largest absolute Gasteiger partial charge is 0.406 e. The van der Waals surface area contributed by atoms with Gasteiger partial charge < -0.3 is 15.4 Å². The van der Waals surface area contributed by atoms with E-state index in [0.29, 0.717) is 17.6 Å². The third kappa shape index (κ3) is 3.45. The Labute approximate surface area is 108 Å². The lowest BCUT2D eigenvalue weighted by Crippen LogP contribution is -2.18. The molecule has 1 rings (SSSR count). The highest BCUT2D eigenvalue weighted by Gasteiger charge is 2.24. The van der Waals surface area contributed by atoms with Crippen molar-refractivity contribution in [3.63, 3.8) is 0 Å². The maximum absolute atomic E-state index is 10.9. The van der Waals surface area contributed by atoms with Crippen LogP contribution >= 0.6 is 0 Å². The van der Waals surface area contributed by atoms with Gasteiger partial charge >= 0.3 is 5.82 Å². The minimum atomic E-state index is -0.440. The van der Waals surface area contributed by atoms with Crippen molar-refractivity contribution in [3.8, 4) is 0 Å². The van der Waals surface area contributed by atoms with Crippen LogP contribution in [0.5, 0.6) is 0 Å². The lowest BCUT2D eigenvalue weighted by molar-refractivity contribution is -0.388. The van der Waals surface area contributed by atoms with Crippen LogP contribution < -0.4 is 5.32 Å². The molecule has 6 nitrogen and oxygen atoms in total. The molecule has 0 aliphatic rings. The smallest absolute Gasteiger partial charge is 0.362 e. The molecule has 0 radical (unpaired) electrons. The van der Waals surface area contributed by atoms with Gasteiger partial charge in [-0.3, -0.25) is 4.57 Å². The molecule has 0 fully saturated rings. The van der Waals surface area contributed by atoms with Gasteiger partial charge in [0.05, 0.1) is 0 Å². The van der Waals surface area contributed by atoms with E-state index in [-0.39, 0.29) is 11.9 Å². The van der Waals surface area contributed by atoms with Gasteiger partial charge in [-0.1, -0.05) is 13.8 Å². The fourth-order valence-electron chi connectivity index (χ4n) is 1.77. The summed E-state index contributed by atoms with van der Waals surface area (Å²) in [4.78, 5) is 14.4. The van der Waals surface area contributed by atoms with Crippen LogP contribution in [0.2, 0.25) is 0 Å². The second-order valence-corrected chi connectivity index (χ2v) is 5.16. The average molecular weight is 254 g/mol. The van der Waals surface area contributed by atoms with Crippen LogP contribution in [0.15, 0.2) is 0 Å². The molecule has 0 bridgehead atoms. The first kappa shape index (κ1) is 14.5. The highest BCUT2D eigenvalue weighted by atomic mass is 16.6. The van der Waals surface area contributed by atoms with E-state index < -0.39 is 4.92 Å². The monoisotopic (exact) mass is 254 g/mol. The minimum Gasteiger partial charge on any atom is -0.362 e. The molecule has 0 aliphatic heterocycles. The van der Waals surface area contributed by atoms with Crippen molar-refractivity contribution in [1.29, 1.82) is 0 Å². The molecule has 1 N–H and O–H groups in total. The molecule has 1 atom stereocenters. The van der Waals surface area contributed by atoms with Crippen LogP contribution in [0.4, 0.5) is 11.6 Å². The number of hydrogen-bond acceptors (Lipinski definition) is 4. The van der Waals surface area contributed by atoms with Gasteiger partial charge in [0.25, 0.3) is 0 Å². The number of hydrogen-bond donors (Lipinski definition) is 1. The first-order valence-electron chi connectivity index (χ1n) is 6.27. The topological polar surface area (TPSA) is 73.0 Å². The maximum atomic E-state index is 10.9. The van der Waals surface area contributed by atoms with E-state index in [2.05, 4.69) is 24.1 Å². The Hall–Kier alpha value is -1.59. The Bertz CT molecular complexity index is 426. The predicted octanol–water partition coefficient (Wildman–Crippen LogP) is 2.87. The van der Waals surface area contributed by atoms with Gasteiger partial charge in [-0.05, 0) is 35.6 Å². The molecule has 1 heterocycles. The number of nitro groups is 1. The molecular weight excluding hydrogens is 232 g/mol. The average Bonchev–Trinajstić information content (AvgIpc) is 2.54. The zero-order chi connectivity index (χ0) is 13.9. The Kier molecular flexibility index (Phi) is 4.69. The zero-order valence-corrected chi connectivity index (χ0v) is 11.7. The summed E-state index contributed by atoms with van der Waals surface area (Å²) < 4.78 is 1.73. The second kappa shape index (κ2) is 5.84. The standard InChI is InChI=1S/C12H22N4O2/c1-8(2)6-7-9(3)13-11-12(16(17)18)14-10(4)15(11)5/h8-9,13H,6-7H2,1-5H3. The van der Waals surface area contributed by atoms with Crippen LogP contribution in [0.3, 0.4) is 0 Å². The first-order chi connectivity index (χ1) is 8.32. The summed E-state index contributed by atoms with van der Waals surface area (Å²) in [6.07, 6.45) is 2.08. The Morgan fingerprint density at radius 3 is 2.50 bits per heavy atom. The van der Waals surface area contributed by atoms with Crippen molar-refractivity contribution in [1.82, 2.24) is 9.55 Å². The van der Waals surface area contributed by atoms with Gasteiger partial charge in [0.1, 0.15) is 0 Å². The van der Waals surface area contributed by atoms with Gasteiger partial charge in [-0.25, -0.2) is 0 Å². The summed E-state index contributed by atoms with van der Waals surface area (Å²) in [5.41, 5.74) is 0. The van der Waals surface area contributed by atoms with Crippen molar-refractivity contribution in [2.24, 2.45) is 13.0 Å². The van der Waals surface area contributed by atoms with Crippen LogP contribution in [0.1, 0.15) is 39.4 Å². The van der Waals surface area contributed by atoms with Gasteiger partial charge in [-0.2, -0.15) is 0 Å². The molecule has 0 spiro atoms. The van der Waals surface area contributed by atoms with Gasteiger partial charge in [0, 0.05) is 20.0 Å². The summed E-state index contributed by atoms with van der Waals surface area (Å²) in [7, 11) is 1.78.